The van der Waals surface area contributed by atoms with Gasteiger partial charge in [-0.3, -0.25) is 14.4 Å². The van der Waals surface area contributed by atoms with E-state index in [4.69, 9.17) is 0 Å². The monoisotopic (exact) mass is 365 g/mol. The third kappa shape index (κ3) is 4.52. The summed E-state index contributed by atoms with van der Waals surface area (Å²) in [4.78, 5) is 17.2. The van der Waals surface area contributed by atoms with Crippen molar-refractivity contribution in [2.45, 2.75) is 38.6 Å². The van der Waals surface area contributed by atoms with Gasteiger partial charge < -0.3 is 4.90 Å². The summed E-state index contributed by atoms with van der Waals surface area (Å²) < 4.78 is 25.5. The molecule has 1 amide bonds. The number of benzene rings is 1. The Kier molecular flexibility index (Phi) is 5.34. The van der Waals surface area contributed by atoms with Crippen LogP contribution in [0.15, 0.2) is 18.2 Å². The molecular weight excluding hydrogens is 338 g/mol. The van der Waals surface area contributed by atoms with E-state index in [0.29, 0.717) is 17.3 Å². The van der Waals surface area contributed by atoms with Crippen molar-refractivity contribution in [3.8, 4) is 0 Å². The first-order valence-corrected chi connectivity index (χ1v) is 10.8. The number of nitrogens with zero attached hydrogens (tertiary/aromatic N) is 2. The van der Waals surface area contributed by atoms with Crippen LogP contribution in [0.25, 0.3) is 0 Å². The highest BCUT2D eigenvalue weighted by molar-refractivity contribution is 7.92. The van der Waals surface area contributed by atoms with Gasteiger partial charge in [0.2, 0.25) is 10.0 Å². The summed E-state index contributed by atoms with van der Waals surface area (Å²) in [5, 5.41) is 0. The molecule has 0 bridgehead atoms. The number of anilines is 1. The maximum absolute atomic E-state index is 12.8. The summed E-state index contributed by atoms with van der Waals surface area (Å²) in [7, 11) is -3.37. The van der Waals surface area contributed by atoms with Crippen LogP contribution < -0.4 is 4.72 Å². The molecule has 1 N–H and O–H groups in total. The first kappa shape index (κ1) is 18.2. The molecule has 0 radical (unpaired) electrons. The predicted molar refractivity (Wildman–Crippen MR) is 99.4 cm³/mol. The zero-order chi connectivity index (χ0) is 18.0. The lowest BCUT2D eigenvalue weighted by Gasteiger charge is -2.38. The second-order valence-corrected chi connectivity index (χ2v) is 8.92. The third-order valence-electron chi connectivity index (χ3n) is 5.22. The van der Waals surface area contributed by atoms with Gasteiger partial charge in [-0.1, -0.05) is 18.9 Å². The number of hydrogen-bond acceptors (Lipinski definition) is 4. The number of rotatable bonds is 4. The van der Waals surface area contributed by atoms with Crippen LogP contribution in [0.4, 0.5) is 5.69 Å². The standard InChI is InChI=1S/C18H27N3O3S/c1-14-7-8-15(13-17(14)19-25(2,23)24)18(22)21-11-9-20(10-12-21)16-5-3-4-6-16/h7-8,13,16,19H,3-6,9-12H2,1-2H3. The van der Waals surface area contributed by atoms with Gasteiger partial charge >= 0.3 is 0 Å². The fourth-order valence-corrected chi connectivity index (χ4v) is 4.43. The fourth-order valence-electron chi connectivity index (χ4n) is 3.81. The average molecular weight is 365 g/mol. The van der Waals surface area contributed by atoms with Crippen molar-refractivity contribution in [1.82, 2.24) is 9.80 Å². The smallest absolute Gasteiger partial charge is 0.254 e. The lowest BCUT2D eigenvalue weighted by Crippen LogP contribution is -2.51. The Bertz CT molecular complexity index is 734. The van der Waals surface area contributed by atoms with Gasteiger partial charge in [-0.25, -0.2) is 8.42 Å². The number of aryl methyl sites for hydroxylation is 1. The molecular formula is C18H27N3O3S. The predicted octanol–water partition coefficient (Wildman–Crippen LogP) is 2.07. The lowest BCUT2D eigenvalue weighted by atomic mass is 10.1. The average Bonchev–Trinajstić information content (AvgIpc) is 3.10. The Morgan fingerprint density at radius 2 is 1.76 bits per heavy atom. The molecule has 1 heterocycles. The van der Waals surface area contributed by atoms with E-state index in [1.165, 1.54) is 25.7 Å². The molecule has 1 aromatic rings. The molecule has 2 fully saturated rings. The molecule has 1 aromatic carbocycles. The summed E-state index contributed by atoms with van der Waals surface area (Å²) in [5.41, 5.74) is 1.80. The first-order valence-electron chi connectivity index (χ1n) is 8.95. The SMILES string of the molecule is Cc1ccc(C(=O)N2CCN(C3CCCC3)CC2)cc1NS(C)(=O)=O. The number of nitrogens with one attached hydrogen (secondary N) is 1. The molecule has 7 heteroatoms. The minimum Gasteiger partial charge on any atom is -0.336 e. The second kappa shape index (κ2) is 7.33. The molecule has 2 aliphatic rings. The maximum atomic E-state index is 12.8. The normalized spacial score (nSPS) is 20.0. The highest BCUT2D eigenvalue weighted by Crippen LogP contribution is 2.25. The van der Waals surface area contributed by atoms with Gasteiger partial charge in [0.1, 0.15) is 0 Å². The Balaban J connectivity index is 1.66. The molecule has 1 saturated carbocycles. The summed E-state index contributed by atoms with van der Waals surface area (Å²) >= 11 is 0. The number of piperazine rings is 1. The quantitative estimate of drug-likeness (QED) is 0.887. The molecule has 0 spiro atoms. The van der Waals surface area contributed by atoms with Crippen LogP contribution in [0.2, 0.25) is 0 Å². The molecule has 0 aromatic heterocycles. The topological polar surface area (TPSA) is 69.7 Å². The summed E-state index contributed by atoms with van der Waals surface area (Å²) in [6, 6.07) is 5.90. The third-order valence-corrected chi connectivity index (χ3v) is 5.81. The van der Waals surface area contributed by atoms with Crippen LogP contribution in [0.5, 0.6) is 0 Å². The van der Waals surface area contributed by atoms with E-state index in [-0.39, 0.29) is 5.91 Å². The van der Waals surface area contributed by atoms with Crippen molar-refractivity contribution in [2.24, 2.45) is 0 Å². The molecule has 1 aliphatic carbocycles. The Labute approximate surface area is 150 Å². The summed E-state index contributed by atoms with van der Waals surface area (Å²) in [6.45, 7) is 5.14. The molecule has 138 valence electrons. The van der Waals surface area contributed by atoms with Crippen LogP contribution >= 0.6 is 0 Å². The zero-order valence-corrected chi connectivity index (χ0v) is 15.8. The van der Waals surface area contributed by atoms with Crippen molar-refractivity contribution >= 4 is 21.6 Å². The van der Waals surface area contributed by atoms with E-state index >= 15 is 0 Å². The van der Waals surface area contributed by atoms with Crippen LogP contribution in [0.1, 0.15) is 41.6 Å². The highest BCUT2D eigenvalue weighted by atomic mass is 32.2. The van der Waals surface area contributed by atoms with Crippen molar-refractivity contribution in [3.05, 3.63) is 29.3 Å². The van der Waals surface area contributed by atoms with E-state index < -0.39 is 10.0 Å². The van der Waals surface area contributed by atoms with Crippen LogP contribution in [-0.4, -0.2) is 62.6 Å². The maximum Gasteiger partial charge on any atom is 0.254 e. The minimum absolute atomic E-state index is 0.0253. The Morgan fingerprint density at radius 1 is 1.12 bits per heavy atom. The molecule has 3 rings (SSSR count). The number of amides is 1. The van der Waals surface area contributed by atoms with Gasteiger partial charge in [-0.05, 0) is 37.5 Å². The van der Waals surface area contributed by atoms with Crippen molar-refractivity contribution in [2.75, 3.05) is 37.2 Å². The molecule has 0 unspecified atom stereocenters. The van der Waals surface area contributed by atoms with E-state index in [1.807, 2.05) is 11.8 Å². The van der Waals surface area contributed by atoms with E-state index in [2.05, 4.69) is 9.62 Å². The fraction of sp³-hybridized carbons (Fsp3) is 0.611. The number of carbonyl (C=O) groups is 1. The van der Waals surface area contributed by atoms with Crippen LogP contribution in [0, 0.1) is 6.92 Å². The van der Waals surface area contributed by atoms with Gasteiger partial charge in [-0.15, -0.1) is 0 Å². The van der Waals surface area contributed by atoms with E-state index in [1.54, 1.807) is 18.2 Å². The van der Waals surface area contributed by atoms with Crippen molar-refractivity contribution in [3.63, 3.8) is 0 Å². The zero-order valence-electron chi connectivity index (χ0n) is 15.0. The Morgan fingerprint density at radius 3 is 2.36 bits per heavy atom. The molecule has 1 aliphatic heterocycles. The minimum atomic E-state index is -3.37. The van der Waals surface area contributed by atoms with Crippen molar-refractivity contribution in [1.29, 1.82) is 0 Å². The van der Waals surface area contributed by atoms with Gasteiger partial charge in [0, 0.05) is 37.8 Å². The lowest BCUT2D eigenvalue weighted by molar-refractivity contribution is 0.0573. The van der Waals surface area contributed by atoms with Crippen LogP contribution in [0.3, 0.4) is 0 Å². The van der Waals surface area contributed by atoms with Crippen LogP contribution in [-0.2, 0) is 10.0 Å². The Hall–Kier alpha value is -1.60. The van der Waals surface area contributed by atoms with Gasteiger partial charge in [0.15, 0.2) is 0 Å². The van der Waals surface area contributed by atoms with Gasteiger partial charge in [0.25, 0.3) is 5.91 Å². The van der Waals surface area contributed by atoms with Gasteiger partial charge in [-0.2, -0.15) is 0 Å². The van der Waals surface area contributed by atoms with Crippen molar-refractivity contribution < 1.29 is 13.2 Å². The number of carbonyl (C=O) groups excluding carboxylic acids is 1. The first-order chi connectivity index (χ1) is 11.8. The number of hydrogen-bond donors (Lipinski definition) is 1. The van der Waals surface area contributed by atoms with Gasteiger partial charge in [0.05, 0.1) is 11.9 Å². The summed E-state index contributed by atoms with van der Waals surface area (Å²) in [5.74, 6) is -0.0253. The molecule has 1 saturated heterocycles. The number of sulfonamides is 1. The summed E-state index contributed by atoms with van der Waals surface area (Å²) in [6.07, 6.45) is 6.33. The molecule has 25 heavy (non-hydrogen) atoms. The van der Waals surface area contributed by atoms with E-state index in [9.17, 15) is 13.2 Å². The largest absolute Gasteiger partial charge is 0.336 e. The highest BCUT2D eigenvalue weighted by Gasteiger charge is 2.28. The molecule has 6 nitrogen and oxygen atoms in total. The second-order valence-electron chi connectivity index (χ2n) is 7.17. The van der Waals surface area contributed by atoms with E-state index in [0.717, 1.165) is 38.0 Å². The molecule has 0 atom stereocenters.